The molecule has 1 heterocycles. The molecule has 0 saturated carbocycles. The van der Waals surface area contributed by atoms with Gasteiger partial charge >= 0.3 is 0 Å². The summed E-state index contributed by atoms with van der Waals surface area (Å²) in [5, 5.41) is 8.80. The minimum absolute atomic E-state index is 0.724. The van der Waals surface area contributed by atoms with Gasteiger partial charge in [-0.1, -0.05) is 12.1 Å². The second-order valence-corrected chi connectivity index (χ2v) is 6.25. The molecule has 2 aromatic rings. The molecule has 5 heteroatoms. The number of hydrogen-bond donors (Lipinski definition) is 2. The van der Waals surface area contributed by atoms with E-state index in [1.54, 1.807) is 18.4 Å². The third kappa shape index (κ3) is 5.60. The number of aryl methyl sites for hydroxylation is 1. The van der Waals surface area contributed by atoms with Crippen LogP contribution in [0.25, 0.3) is 0 Å². The molecule has 0 atom stereocenters. The number of thiophene rings is 1. The molecular formula is C18H25N3OS. The Bertz CT molecular complexity index is 619. The maximum absolute atomic E-state index is 5.18. The van der Waals surface area contributed by atoms with Crippen molar-refractivity contribution < 1.29 is 4.74 Å². The fourth-order valence-corrected chi connectivity index (χ4v) is 3.01. The zero-order chi connectivity index (χ0) is 16.5. The van der Waals surface area contributed by atoms with E-state index in [0.29, 0.717) is 0 Å². The minimum Gasteiger partial charge on any atom is -0.497 e. The van der Waals surface area contributed by atoms with Crippen LogP contribution in [0, 0.1) is 6.92 Å². The summed E-state index contributed by atoms with van der Waals surface area (Å²) >= 11 is 1.76. The fraction of sp³-hybridized carbons (Fsp3) is 0.389. The summed E-state index contributed by atoms with van der Waals surface area (Å²) in [6, 6.07) is 10.3. The first kappa shape index (κ1) is 17.3. The Morgan fingerprint density at radius 2 is 1.96 bits per heavy atom. The van der Waals surface area contributed by atoms with Crippen molar-refractivity contribution in [3.05, 3.63) is 51.7 Å². The zero-order valence-corrected chi connectivity index (χ0v) is 14.9. The lowest BCUT2D eigenvalue weighted by molar-refractivity contribution is 0.414. The Morgan fingerprint density at radius 3 is 2.57 bits per heavy atom. The van der Waals surface area contributed by atoms with Gasteiger partial charge in [0, 0.05) is 18.0 Å². The Kier molecular flexibility index (Phi) is 6.94. The predicted molar refractivity (Wildman–Crippen MR) is 98.6 cm³/mol. The molecule has 4 nitrogen and oxygen atoms in total. The van der Waals surface area contributed by atoms with Crippen molar-refractivity contribution in [2.45, 2.75) is 26.8 Å². The fourth-order valence-electron chi connectivity index (χ4n) is 2.18. The van der Waals surface area contributed by atoms with Crippen LogP contribution in [-0.2, 0) is 13.0 Å². The molecule has 2 N–H and O–H groups in total. The van der Waals surface area contributed by atoms with E-state index in [-0.39, 0.29) is 0 Å². The number of nitrogens with one attached hydrogen (secondary N) is 2. The number of guanidine groups is 1. The highest BCUT2D eigenvalue weighted by molar-refractivity contribution is 7.10. The van der Waals surface area contributed by atoms with Crippen molar-refractivity contribution in [2.24, 2.45) is 4.99 Å². The van der Waals surface area contributed by atoms with Crippen molar-refractivity contribution in [2.75, 3.05) is 20.2 Å². The Morgan fingerprint density at radius 1 is 1.17 bits per heavy atom. The summed E-state index contributed by atoms with van der Waals surface area (Å²) in [5.41, 5.74) is 2.59. The van der Waals surface area contributed by atoms with Crippen molar-refractivity contribution in [3.8, 4) is 5.75 Å². The number of ether oxygens (including phenoxy) is 1. The van der Waals surface area contributed by atoms with Crippen LogP contribution in [0.4, 0.5) is 0 Å². The van der Waals surface area contributed by atoms with E-state index in [9.17, 15) is 0 Å². The minimum atomic E-state index is 0.724. The molecule has 0 unspecified atom stereocenters. The Labute approximate surface area is 142 Å². The lowest BCUT2D eigenvalue weighted by Gasteiger charge is -2.11. The van der Waals surface area contributed by atoms with E-state index in [1.807, 2.05) is 12.1 Å². The second kappa shape index (κ2) is 9.20. The molecule has 0 aliphatic heterocycles. The molecule has 1 aromatic carbocycles. The van der Waals surface area contributed by atoms with Gasteiger partial charge in [0.25, 0.3) is 0 Å². The number of hydrogen-bond acceptors (Lipinski definition) is 3. The lowest BCUT2D eigenvalue weighted by atomic mass is 10.1. The maximum Gasteiger partial charge on any atom is 0.191 e. The molecule has 0 fully saturated rings. The highest BCUT2D eigenvalue weighted by atomic mass is 32.1. The number of methoxy groups -OCH3 is 1. The molecule has 0 aliphatic rings. The SMILES string of the molecule is CCNC(=NCc1sccc1C)NCCc1ccc(OC)cc1. The molecule has 23 heavy (non-hydrogen) atoms. The van der Waals surface area contributed by atoms with Gasteiger partial charge in [0.2, 0.25) is 0 Å². The summed E-state index contributed by atoms with van der Waals surface area (Å²) in [4.78, 5) is 5.98. The quantitative estimate of drug-likeness (QED) is 0.604. The summed E-state index contributed by atoms with van der Waals surface area (Å²) in [6.07, 6.45) is 0.951. The smallest absolute Gasteiger partial charge is 0.191 e. The van der Waals surface area contributed by atoms with E-state index in [0.717, 1.165) is 37.8 Å². The molecule has 0 amide bonds. The van der Waals surface area contributed by atoms with Crippen LogP contribution in [0.15, 0.2) is 40.7 Å². The van der Waals surface area contributed by atoms with Gasteiger partial charge in [-0.25, -0.2) is 4.99 Å². The largest absolute Gasteiger partial charge is 0.497 e. The van der Waals surface area contributed by atoms with Crippen LogP contribution in [0.3, 0.4) is 0 Å². The summed E-state index contributed by atoms with van der Waals surface area (Å²) < 4.78 is 5.18. The molecule has 0 saturated heterocycles. The molecule has 0 radical (unpaired) electrons. The van der Waals surface area contributed by atoms with Gasteiger partial charge in [-0.15, -0.1) is 11.3 Å². The van der Waals surface area contributed by atoms with E-state index in [2.05, 4.69) is 53.1 Å². The van der Waals surface area contributed by atoms with E-state index in [1.165, 1.54) is 16.0 Å². The molecule has 1 aromatic heterocycles. The van der Waals surface area contributed by atoms with Crippen molar-refractivity contribution in [3.63, 3.8) is 0 Å². The van der Waals surface area contributed by atoms with E-state index >= 15 is 0 Å². The normalized spacial score (nSPS) is 11.3. The Hall–Kier alpha value is -2.01. The number of rotatable bonds is 7. The second-order valence-electron chi connectivity index (χ2n) is 5.25. The van der Waals surface area contributed by atoms with Gasteiger partial charge in [-0.2, -0.15) is 0 Å². The summed E-state index contributed by atoms with van der Waals surface area (Å²) in [5.74, 6) is 1.76. The number of aliphatic imine (C=N–C) groups is 1. The van der Waals surface area contributed by atoms with Crippen LogP contribution in [0.1, 0.15) is 22.9 Å². The topological polar surface area (TPSA) is 45.7 Å². The average Bonchev–Trinajstić information content (AvgIpc) is 2.98. The molecule has 0 spiro atoms. The average molecular weight is 331 g/mol. The van der Waals surface area contributed by atoms with Crippen LogP contribution in [0.5, 0.6) is 5.75 Å². The first-order valence-electron chi connectivity index (χ1n) is 7.91. The molecule has 0 bridgehead atoms. The molecule has 124 valence electrons. The van der Waals surface area contributed by atoms with E-state index < -0.39 is 0 Å². The highest BCUT2D eigenvalue weighted by Gasteiger charge is 2.01. The van der Waals surface area contributed by atoms with Crippen LogP contribution in [-0.4, -0.2) is 26.2 Å². The van der Waals surface area contributed by atoms with Crippen LogP contribution >= 0.6 is 11.3 Å². The Balaban J connectivity index is 1.85. The highest BCUT2D eigenvalue weighted by Crippen LogP contribution is 2.16. The van der Waals surface area contributed by atoms with Gasteiger partial charge in [0.05, 0.1) is 13.7 Å². The summed E-state index contributed by atoms with van der Waals surface area (Å²) in [6.45, 7) is 6.64. The van der Waals surface area contributed by atoms with Gasteiger partial charge in [-0.05, 0) is 55.0 Å². The first-order chi connectivity index (χ1) is 11.2. The number of benzene rings is 1. The van der Waals surface area contributed by atoms with Gasteiger partial charge in [0.1, 0.15) is 5.75 Å². The molecule has 2 rings (SSSR count). The van der Waals surface area contributed by atoms with Crippen LogP contribution < -0.4 is 15.4 Å². The summed E-state index contributed by atoms with van der Waals surface area (Å²) in [7, 11) is 1.69. The standard InChI is InChI=1S/C18H25N3OS/c1-4-19-18(21-13-17-14(2)10-12-23-17)20-11-9-15-5-7-16(22-3)8-6-15/h5-8,10,12H,4,9,11,13H2,1-3H3,(H2,19,20,21). The van der Waals surface area contributed by atoms with Gasteiger partial charge in [-0.3, -0.25) is 0 Å². The van der Waals surface area contributed by atoms with Crippen molar-refractivity contribution in [1.29, 1.82) is 0 Å². The zero-order valence-electron chi connectivity index (χ0n) is 14.1. The maximum atomic E-state index is 5.18. The monoisotopic (exact) mass is 331 g/mol. The molecule has 0 aliphatic carbocycles. The van der Waals surface area contributed by atoms with Crippen molar-refractivity contribution >= 4 is 17.3 Å². The van der Waals surface area contributed by atoms with Gasteiger partial charge < -0.3 is 15.4 Å². The van der Waals surface area contributed by atoms with Crippen LogP contribution in [0.2, 0.25) is 0 Å². The third-order valence-corrected chi connectivity index (χ3v) is 4.57. The third-order valence-electron chi connectivity index (χ3n) is 3.56. The van der Waals surface area contributed by atoms with E-state index in [4.69, 9.17) is 4.74 Å². The van der Waals surface area contributed by atoms with Crippen molar-refractivity contribution in [1.82, 2.24) is 10.6 Å². The first-order valence-corrected chi connectivity index (χ1v) is 8.79. The predicted octanol–water partition coefficient (Wildman–Crippen LogP) is 3.36. The lowest BCUT2D eigenvalue weighted by Crippen LogP contribution is -2.38. The number of nitrogens with zero attached hydrogens (tertiary/aromatic N) is 1. The molecular weight excluding hydrogens is 306 g/mol. The van der Waals surface area contributed by atoms with Gasteiger partial charge in [0.15, 0.2) is 5.96 Å².